The average Bonchev–Trinajstić information content (AvgIpc) is 2.72. The maximum absolute atomic E-state index is 5.83. The van der Waals surface area contributed by atoms with Crippen LogP contribution in [0.1, 0.15) is 5.56 Å². The van der Waals surface area contributed by atoms with Crippen molar-refractivity contribution in [2.45, 2.75) is 6.92 Å². The first-order valence-electron chi connectivity index (χ1n) is 5.20. The summed E-state index contributed by atoms with van der Waals surface area (Å²) in [5, 5.41) is 1.47. The van der Waals surface area contributed by atoms with Crippen molar-refractivity contribution in [3.05, 3.63) is 47.4 Å². The lowest BCUT2D eigenvalue weighted by Gasteiger charge is -1.94. The van der Waals surface area contributed by atoms with E-state index in [0.717, 1.165) is 11.0 Å². The molecule has 0 fully saturated rings. The summed E-state index contributed by atoms with van der Waals surface area (Å²) >= 11 is 5.83. The van der Waals surface area contributed by atoms with Crippen LogP contribution >= 0.6 is 11.6 Å². The van der Waals surface area contributed by atoms with Gasteiger partial charge in [-0.1, -0.05) is 23.2 Å². The van der Waals surface area contributed by atoms with E-state index in [0.29, 0.717) is 16.6 Å². The second-order valence-electron chi connectivity index (χ2n) is 3.88. The molecule has 0 saturated heterocycles. The van der Waals surface area contributed by atoms with E-state index in [1.165, 1.54) is 11.9 Å². The molecule has 1 aromatic carbocycles. The Labute approximate surface area is 103 Å². The van der Waals surface area contributed by atoms with Gasteiger partial charge in [-0.15, -0.1) is 0 Å². The van der Waals surface area contributed by atoms with Crippen molar-refractivity contribution >= 4 is 22.6 Å². The van der Waals surface area contributed by atoms with Crippen LogP contribution in [0.3, 0.4) is 0 Å². The normalized spacial score (nSPS) is 10.9. The van der Waals surface area contributed by atoms with E-state index in [9.17, 15) is 0 Å². The Hall–Kier alpha value is -1.87. The van der Waals surface area contributed by atoms with E-state index < -0.39 is 0 Å². The van der Waals surface area contributed by atoms with Crippen LogP contribution in [-0.4, -0.2) is 9.97 Å². The molecule has 0 N–H and O–H groups in total. The van der Waals surface area contributed by atoms with Gasteiger partial charge in [0.25, 0.3) is 0 Å². The summed E-state index contributed by atoms with van der Waals surface area (Å²) in [6.07, 6.45) is 1.43. The number of furan rings is 1. The predicted molar refractivity (Wildman–Crippen MR) is 67.0 cm³/mol. The van der Waals surface area contributed by atoms with Gasteiger partial charge in [0, 0.05) is 11.5 Å². The molecule has 2 aromatic heterocycles. The number of fused-ring (bicyclic) bond motifs is 1. The highest BCUT2D eigenvalue weighted by molar-refractivity contribution is 6.29. The fourth-order valence-electron chi connectivity index (χ4n) is 1.76. The molecule has 3 nitrogen and oxygen atoms in total. The molecule has 0 atom stereocenters. The molecule has 4 heteroatoms. The van der Waals surface area contributed by atoms with Gasteiger partial charge in [-0.3, -0.25) is 0 Å². The van der Waals surface area contributed by atoms with Gasteiger partial charge in [0.15, 0.2) is 5.76 Å². The third-order valence-corrected chi connectivity index (χ3v) is 2.76. The molecule has 3 aromatic rings. The van der Waals surface area contributed by atoms with Crippen molar-refractivity contribution in [3.8, 4) is 11.5 Å². The zero-order chi connectivity index (χ0) is 11.8. The van der Waals surface area contributed by atoms with Gasteiger partial charge in [0.1, 0.15) is 22.8 Å². The highest BCUT2D eigenvalue weighted by atomic mass is 35.5. The first-order chi connectivity index (χ1) is 8.22. The molecule has 3 rings (SSSR count). The summed E-state index contributed by atoms with van der Waals surface area (Å²) in [5.41, 5.74) is 2.74. The molecule has 0 aliphatic carbocycles. The second kappa shape index (κ2) is 3.86. The van der Waals surface area contributed by atoms with E-state index in [1.807, 2.05) is 25.1 Å². The zero-order valence-corrected chi connectivity index (χ0v) is 9.90. The molecule has 0 spiro atoms. The molecule has 0 aliphatic rings. The summed E-state index contributed by atoms with van der Waals surface area (Å²) in [6, 6.07) is 9.69. The fraction of sp³-hybridized carbons (Fsp3) is 0.0769. The van der Waals surface area contributed by atoms with Crippen molar-refractivity contribution in [2.75, 3.05) is 0 Å². The number of hydrogen-bond donors (Lipinski definition) is 0. The van der Waals surface area contributed by atoms with Gasteiger partial charge in [-0.25, -0.2) is 9.97 Å². The molecule has 84 valence electrons. The van der Waals surface area contributed by atoms with Gasteiger partial charge in [0.05, 0.1) is 0 Å². The van der Waals surface area contributed by atoms with Crippen LogP contribution in [0, 0.1) is 6.92 Å². The summed E-state index contributed by atoms with van der Waals surface area (Å²) < 4.78 is 5.72. The van der Waals surface area contributed by atoms with E-state index >= 15 is 0 Å². The number of aromatic nitrogens is 2. The number of rotatable bonds is 1. The highest BCUT2D eigenvalue weighted by Crippen LogP contribution is 2.27. The molecule has 0 saturated carbocycles. The van der Waals surface area contributed by atoms with Gasteiger partial charge in [0.2, 0.25) is 0 Å². The second-order valence-corrected chi connectivity index (χ2v) is 4.27. The Balaban J connectivity index is 2.18. The van der Waals surface area contributed by atoms with E-state index in [-0.39, 0.29) is 0 Å². The number of hydrogen-bond acceptors (Lipinski definition) is 3. The Morgan fingerprint density at radius 2 is 2.00 bits per heavy atom. The number of halogens is 1. The van der Waals surface area contributed by atoms with Gasteiger partial charge >= 0.3 is 0 Å². The Kier molecular flexibility index (Phi) is 2.34. The van der Waals surface area contributed by atoms with Crippen LogP contribution < -0.4 is 0 Å². The molecule has 0 radical (unpaired) electrons. The first-order valence-corrected chi connectivity index (χ1v) is 5.58. The van der Waals surface area contributed by atoms with Crippen LogP contribution in [0.5, 0.6) is 0 Å². The van der Waals surface area contributed by atoms with Crippen molar-refractivity contribution in [1.82, 2.24) is 9.97 Å². The lowest BCUT2D eigenvalue weighted by atomic mass is 10.2. The summed E-state index contributed by atoms with van der Waals surface area (Å²) in [6.45, 7) is 2.05. The third-order valence-electron chi connectivity index (χ3n) is 2.56. The molecule has 2 heterocycles. The minimum Gasteiger partial charge on any atom is -0.454 e. The van der Waals surface area contributed by atoms with Gasteiger partial charge < -0.3 is 4.42 Å². The average molecular weight is 245 g/mol. The van der Waals surface area contributed by atoms with E-state index in [2.05, 4.69) is 16.0 Å². The maximum atomic E-state index is 5.83. The maximum Gasteiger partial charge on any atom is 0.153 e. The van der Waals surface area contributed by atoms with Gasteiger partial charge in [-0.05, 0) is 25.1 Å². The number of benzene rings is 1. The minimum atomic E-state index is 0.409. The van der Waals surface area contributed by atoms with E-state index in [1.54, 1.807) is 6.07 Å². The Morgan fingerprint density at radius 1 is 1.12 bits per heavy atom. The highest BCUT2D eigenvalue weighted by Gasteiger charge is 2.08. The van der Waals surface area contributed by atoms with Crippen LogP contribution in [0.2, 0.25) is 5.15 Å². The number of aryl methyl sites for hydroxylation is 1. The molecule has 0 aliphatic heterocycles. The molecular formula is C13H9ClN2O. The Bertz CT molecular complexity index is 691. The van der Waals surface area contributed by atoms with Crippen molar-refractivity contribution < 1.29 is 4.42 Å². The molecule has 0 unspecified atom stereocenters. The Morgan fingerprint density at radius 3 is 2.82 bits per heavy atom. The standard InChI is InChI=1S/C13H9ClN2O/c1-8-2-3-11-9(4-8)5-12(17-11)10-6-13(14)16-7-15-10/h2-7H,1H3. The SMILES string of the molecule is Cc1ccc2oc(-c3cc(Cl)ncn3)cc2c1. The minimum absolute atomic E-state index is 0.409. The molecular weight excluding hydrogens is 236 g/mol. The van der Waals surface area contributed by atoms with Crippen LogP contribution in [0.15, 0.2) is 41.1 Å². The third kappa shape index (κ3) is 1.89. The number of nitrogens with zero attached hydrogens (tertiary/aromatic N) is 2. The zero-order valence-electron chi connectivity index (χ0n) is 9.14. The summed E-state index contributed by atoms with van der Waals surface area (Å²) in [7, 11) is 0. The molecule has 0 amide bonds. The lowest BCUT2D eigenvalue weighted by Crippen LogP contribution is -1.82. The topological polar surface area (TPSA) is 38.9 Å². The monoisotopic (exact) mass is 244 g/mol. The van der Waals surface area contributed by atoms with Crippen molar-refractivity contribution in [1.29, 1.82) is 0 Å². The van der Waals surface area contributed by atoms with Gasteiger partial charge in [-0.2, -0.15) is 0 Å². The quantitative estimate of drug-likeness (QED) is 0.611. The predicted octanol–water partition coefficient (Wildman–Crippen LogP) is 3.85. The lowest BCUT2D eigenvalue weighted by molar-refractivity contribution is 0.628. The van der Waals surface area contributed by atoms with Crippen molar-refractivity contribution in [3.63, 3.8) is 0 Å². The fourth-order valence-corrected chi connectivity index (χ4v) is 1.90. The summed E-state index contributed by atoms with van der Waals surface area (Å²) in [4.78, 5) is 7.98. The molecule has 17 heavy (non-hydrogen) atoms. The smallest absolute Gasteiger partial charge is 0.153 e. The molecule has 0 bridgehead atoms. The van der Waals surface area contributed by atoms with Crippen LogP contribution in [0.25, 0.3) is 22.4 Å². The van der Waals surface area contributed by atoms with Crippen molar-refractivity contribution in [2.24, 2.45) is 0 Å². The first kappa shape index (κ1) is 10.3. The van der Waals surface area contributed by atoms with E-state index in [4.69, 9.17) is 16.0 Å². The largest absolute Gasteiger partial charge is 0.454 e. The van der Waals surface area contributed by atoms with Crippen LogP contribution in [0.4, 0.5) is 0 Å². The van der Waals surface area contributed by atoms with Crippen LogP contribution in [-0.2, 0) is 0 Å². The summed E-state index contributed by atoms with van der Waals surface area (Å²) in [5.74, 6) is 0.704.